The summed E-state index contributed by atoms with van der Waals surface area (Å²) in [5.41, 5.74) is 0.399. The van der Waals surface area contributed by atoms with Gasteiger partial charge in [-0.25, -0.2) is 0 Å². The Balaban J connectivity index is 1.88. The van der Waals surface area contributed by atoms with Crippen LogP contribution in [0.15, 0.2) is 0 Å². The number of carboxylic acids is 1. The van der Waals surface area contributed by atoms with E-state index in [4.69, 9.17) is 5.11 Å². The van der Waals surface area contributed by atoms with Crippen LogP contribution < -0.4 is 5.32 Å². The van der Waals surface area contributed by atoms with Gasteiger partial charge in [0, 0.05) is 12.0 Å². The Labute approximate surface area is 171 Å². The zero-order valence-electron chi connectivity index (χ0n) is 18.4. The summed E-state index contributed by atoms with van der Waals surface area (Å²) in [6.07, 6.45) is 12.7. The molecule has 28 heavy (non-hydrogen) atoms. The van der Waals surface area contributed by atoms with Crippen molar-refractivity contribution in [2.75, 3.05) is 0 Å². The van der Waals surface area contributed by atoms with Crippen LogP contribution in [-0.2, 0) is 9.59 Å². The van der Waals surface area contributed by atoms with Crippen molar-refractivity contribution in [3.05, 3.63) is 0 Å². The van der Waals surface area contributed by atoms with E-state index >= 15 is 0 Å². The lowest BCUT2D eigenvalue weighted by atomic mass is 9.44. The molecule has 0 bridgehead atoms. The molecule has 0 aromatic carbocycles. The van der Waals surface area contributed by atoms with Gasteiger partial charge < -0.3 is 10.4 Å². The summed E-state index contributed by atoms with van der Waals surface area (Å²) in [5, 5.41) is 12.5. The topological polar surface area (TPSA) is 66.4 Å². The molecule has 0 heterocycles. The molecular formula is C24H41NO3. The normalized spacial score (nSPS) is 45.1. The summed E-state index contributed by atoms with van der Waals surface area (Å²) in [4.78, 5) is 22.7. The second-order valence-electron chi connectivity index (χ2n) is 10.5. The second kappa shape index (κ2) is 7.99. The first-order chi connectivity index (χ1) is 13.3. The molecule has 0 radical (unpaired) electrons. The highest BCUT2D eigenvalue weighted by atomic mass is 16.4. The lowest BCUT2D eigenvalue weighted by Gasteiger charge is -2.63. The molecule has 160 valence electrons. The molecule has 2 N–H and O–H groups in total. The second-order valence-corrected chi connectivity index (χ2v) is 10.5. The average molecular weight is 392 g/mol. The predicted octanol–water partition coefficient (Wildman–Crippen LogP) is 5.40. The fraction of sp³-hybridized carbons (Fsp3) is 0.917. The average Bonchev–Trinajstić information content (AvgIpc) is 2.99. The number of hydrogen-bond donors (Lipinski definition) is 2. The van der Waals surface area contributed by atoms with E-state index in [1.165, 1.54) is 38.5 Å². The van der Waals surface area contributed by atoms with Crippen molar-refractivity contribution in [3.63, 3.8) is 0 Å². The highest BCUT2D eigenvalue weighted by molar-refractivity contribution is 5.66. The Morgan fingerprint density at radius 1 is 1.11 bits per heavy atom. The number of rotatable bonds is 8. The molecule has 0 spiro atoms. The Bertz CT molecular complexity index is 592. The lowest BCUT2D eigenvalue weighted by molar-refractivity contribution is -0.139. The maximum Gasteiger partial charge on any atom is 0.303 e. The Morgan fingerprint density at radius 3 is 2.46 bits per heavy atom. The van der Waals surface area contributed by atoms with Gasteiger partial charge in [-0.3, -0.25) is 9.59 Å². The van der Waals surface area contributed by atoms with E-state index in [-0.39, 0.29) is 11.0 Å². The predicted molar refractivity (Wildman–Crippen MR) is 112 cm³/mol. The van der Waals surface area contributed by atoms with Crippen LogP contribution in [0.1, 0.15) is 98.3 Å². The van der Waals surface area contributed by atoms with Crippen LogP contribution in [0.2, 0.25) is 0 Å². The van der Waals surface area contributed by atoms with Gasteiger partial charge in [-0.2, -0.15) is 0 Å². The number of carbonyl (C=O) groups is 2. The first-order valence-electron chi connectivity index (χ1n) is 11.7. The van der Waals surface area contributed by atoms with Gasteiger partial charge in [0.15, 0.2) is 0 Å². The molecule has 3 rings (SSSR count). The first kappa shape index (κ1) is 21.6. The monoisotopic (exact) mass is 391 g/mol. The maximum atomic E-state index is 11.5. The van der Waals surface area contributed by atoms with Crippen LogP contribution in [0.3, 0.4) is 0 Å². The molecule has 4 nitrogen and oxygen atoms in total. The van der Waals surface area contributed by atoms with Crippen LogP contribution in [0.25, 0.3) is 0 Å². The lowest BCUT2D eigenvalue weighted by Crippen LogP contribution is -2.65. The number of carboxylic acid groups (broad SMARTS) is 1. The minimum atomic E-state index is -0.651. The quantitative estimate of drug-likeness (QED) is 0.544. The Kier molecular flexibility index (Phi) is 6.18. The van der Waals surface area contributed by atoms with Gasteiger partial charge in [0.05, 0.1) is 0 Å². The number of nitrogens with one attached hydrogen (secondary N) is 1. The molecule has 7 unspecified atom stereocenters. The van der Waals surface area contributed by atoms with Crippen molar-refractivity contribution in [1.29, 1.82) is 0 Å². The third-order valence-electron chi connectivity index (χ3n) is 9.86. The highest BCUT2D eigenvalue weighted by Gasteiger charge is 2.62. The molecule has 3 aliphatic carbocycles. The molecule has 3 saturated carbocycles. The maximum absolute atomic E-state index is 11.5. The molecule has 4 heteroatoms. The van der Waals surface area contributed by atoms with E-state index in [1.807, 2.05) is 0 Å². The van der Waals surface area contributed by atoms with E-state index in [1.54, 1.807) is 0 Å². The molecule has 3 aliphatic rings. The SMILES string of the molecule is CCCC1(C)C2CCC3(C)C(CCC(=O)O)CCC3C2CCC1(CC)NC=O. The largest absolute Gasteiger partial charge is 0.481 e. The number of hydrogen-bond acceptors (Lipinski definition) is 2. The molecule has 0 aliphatic heterocycles. The van der Waals surface area contributed by atoms with E-state index < -0.39 is 5.97 Å². The van der Waals surface area contributed by atoms with Crippen molar-refractivity contribution in [2.45, 2.75) is 104 Å². The molecule has 7 atom stereocenters. The van der Waals surface area contributed by atoms with E-state index in [2.05, 4.69) is 33.0 Å². The van der Waals surface area contributed by atoms with Gasteiger partial charge in [-0.15, -0.1) is 0 Å². The Morgan fingerprint density at radius 2 is 1.86 bits per heavy atom. The summed E-state index contributed by atoms with van der Waals surface area (Å²) in [6.45, 7) is 9.46. The summed E-state index contributed by atoms with van der Waals surface area (Å²) in [7, 11) is 0. The summed E-state index contributed by atoms with van der Waals surface area (Å²) in [5.74, 6) is 2.05. The fourth-order valence-corrected chi connectivity index (χ4v) is 8.39. The molecule has 0 saturated heterocycles. The smallest absolute Gasteiger partial charge is 0.303 e. The number of amides is 1. The van der Waals surface area contributed by atoms with Gasteiger partial charge >= 0.3 is 5.97 Å². The Hall–Kier alpha value is -1.06. The van der Waals surface area contributed by atoms with Crippen molar-refractivity contribution >= 4 is 12.4 Å². The zero-order valence-corrected chi connectivity index (χ0v) is 18.4. The van der Waals surface area contributed by atoms with Crippen LogP contribution in [-0.4, -0.2) is 23.0 Å². The van der Waals surface area contributed by atoms with Crippen LogP contribution >= 0.6 is 0 Å². The van der Waals surface area contributed by atoms with Gasteiger partial charge in [-0.05, 0) is 92.3 Å². The molecule has 1 amide bonds. The third kappa shape index (κ3) is 3.19. The number of fused-ring (bicyclic) bond motifs is 3. The summed E-state index contributed by atoms with van der Waals surface area (Å²) in [6, 6.07) is 0. The van der Waals surface area contributed by atoms with Crippen molar-refractivity contribution in [2.24, 2.45) is 34.5 Å². The van der Waals surface area contributed by atoms with E-state index in [0.717, 1.165) is 43.9 Å². The van der Waals surface area contributed by atoms with E-state index in [0.29, 0.717) is 23.7 Å². The van der Waals surface area contributed by atoms with Crippen molar-refractivity contribution in [3.8, 4) is 0 Å². The summed E-state index contributed by atoms with van der Waals surface area (Å²) < 4.78 is 0. The van der Waals surface area contributed by atoms with E-state index in [9.17, 15) is 9.59 Å². The van der Waals surface area contributed by atoms with Gasteiger partial charge in [0.2, 0.25) is 6.41 Å². The molecular weight excluding hydrogens is 350 g/mol. The number of carbonyl (C=O) groups excluding carboxylic acids is 1. The minimum Gasteiger partial charge on any atom is -0.481 e. The third-order valence-corrected chi connectivity index (χ3v) is 9.86. The van der Waals surface area contributed by atoms with Gasteiger partial charge in [-0.1, -0.05) is 34.1 Å². The first-order valence-corrected chi connectivity index (χ1v) is 11.7. The standard InChI is InChI=1S/C24H41NO3/c1-5-13-23(4)20-12-14-22(3)17(8-10-21(27)28)7-9-19(22)18(20)11-15-24(23,6-2)25-16-26/h16-20H,5-15H2,1-4H3,(H,25,26)(H,27,28). The zero-order chi connectivity index (χ0) is 20.6. The molecule has 3 fully saturated rings. The fourth-order valence-electron chi connectivity index (χ4n) is 8.39. The highest BCUT2D eigenvalue weighted by Crippen LogP contribution is 2.67. The minimum absolute atomic E-state index is 0.0685. The van der Waals surface area contributed by atoms with Gasteiger partial charge in [0.1, 0.15) is 0 Å². The molecule has 0 aromatic rings. The van der Waals surface area contributed by atoms with Crippen LogP contribution in [0.5, 0.6) is 0 Å². The summed E-state index contributed by atoms with van der Waals surface area (Å²) >= 11 is 0. The van der Waals surface area contributed by atoms with Crippen LogP contribution in [0, 0.1) is 34.5 Å². The van der Waals surface area contributed by atoms with Gasteiger partial charge in [0.25, 0.3) is 0 Å². The van der Waals surface area contributed by atoms with Crippen molar-refractivity contribution < 1.29 is 14.7 Å². The molecule has 0 aromatic heterocycles. The van der Waals surface area contributed by atoms with Crippen LogP contribution in [0.4, 0.5) is 0 Å². The number of aliphatic carboxylic acids is 1. The van der Waals surface area contributed by atoms with Crippen molar-refractivity contribution in [1.82, 2.24) is 5.32 Å².